The van der Waals surface area contributed by atoms with Crippen LogP contribution in [-0.2, 0) is 32.4 Å². The fraction of sp³-hybridized carbons (Fsp3) is 0.200. The van der Waals surface area contributed by atoms with Crippen molar-refractivity contribution >= 4 is 38.4 Å². The molecule has 0 heterocycles. The Morgan fingerprint density at radius 3 is 1.97 bits per heavy atom. The second kappa shape index (κ2) is 14.8. The van der Waals surface area contributed by atoms with Gasteiger partial charge in [0.05, 0.1) is 5.69 Å². The van der Waals surface area contributed by atoms with E-state index in [9.17, 15) is 10.2 Å². The molecule has 175 valence electrons. The Hall–Kier alpha value is -3.18. The summed E-state index contributed by atoms with van der Waals surface area (Å²) in [5.74, 6) is 0.00620. The summed E-state index contributed by atoms with van der Waals surface area (Å²) < 4.78 is 29.6. The van der Waals surface area contributed by atoms with Crippen molar-refractivity contribution in [2.45, 2.75) is 6.92 Å². The number of rotatable bonds is 3. The van der Waals surface area contributed by atoms with E-state index in [0.717, 1.165) is 10.9 Å². The van der Waals surface area contributed by atoms with Gasteiger partial charge in [-0.15, -0.1) is 22.9 Å². The van der Waals surface area contributed by atoms with Crippen LogP contribution in [0.4, 0.5) is 17.1 Å². The Kier molecular flexibility index (Phi) is 13.3. The molecule has 0 aliphatic heterocycles. The molecule has 0 fully saturated rings. The molecule has 3 aromatic rings. The van der Waals surface area contributed by atoms with Crippen LogP contribution < -0.4 is 0 Å². The van der Waals surface area contributed by atoms with Crippen molar-refractivity contribution in [1.82, 2.24) is 0 Å². The van der Waals surface area contributed by atoms with Gasteiger partial charge >= 0.3 is 10.6 Å². The molecule has 2 N–H and O–H groups in total. The number of aryl methyl sites for hydroxylation is 1. The average molecular weight is 510 g/mol. The molecule has 1 radical (unpaired) electrons. The summed E-state index contributed by atoms with van der Waals surface area (Å²) in [6.07, 6.45) is 0. The summed E-state index contributed by atoms with van der Waals surface area (Å²) in [5.41, 5.74) is 2.26. The van der Waals surface area contributed by atoms with Crippen LogP contribution in [0.5, 0.6) is 11.5 Å². The van der Waals surface area contributed by atoms with Crippen LogP contribution in [0, 0.1) is 6.92 Å². The second-order valence-corrected chi connectivity index (χ2v) is 6.35. The number of methoxy groups -OCH3 is 1. The molecule has 0 unspecified atom stereocenters. The predicted molar refractivity (Wildman–Crippen MR) is 116 cm³/mol. The number of ether oxygens (including phenoxy) is 1. The maximum atomic E-state index is 10.4. The molecular formula is C20H22CuN4O6S. The number of azo groups is 2. The zero-order chi connectivity index (χ0) is 23.4. The largest absolute Gasteiger partial charge is 0.506 e. The van der Waals surface area contributed by atoms with Crippen LogP contribution in [0.15, 0.2) is 69.0 Å². The summed E-state index contributed by atoms with van der Waals surface area (Å²) in [6.45, 7) is 1.99. The summed E-state index contributed by atoms with van der Waals surface area (Å²) in [6, 6.07) is 14.0. The van der Waals surface area contributed by atoms with E-state index in [-0.39, 0.29) is 34.3 Å². The molecule has 0 aliphatic carbocycles. The maximum absolute atomic E-state index is 10.4. The summed E-state index contributed by atoms with van der Waals surface area (Å²) in [5, 5.41) is 37.5. The molecule has 0 saturated carbocycles. The van der Waals surface area contributed by atoms with Crippen LogP contribution in [0.1, 0.15) is 5.56 Å². The molecule has 3 rings (SSSR count). The molecule has 32 heavy (non-hydrogen) atoms. The Bertz CT molecular complexity index is 1190. The van der Waals surface area contributed by atoms with Crippen LogP contribution in [0.2, 0.25) is 0 Å². The first-order valence-electron chi connectivity index (χ1n) is 8.67. The molecule has 0 amide bonds. The molecule has 0 spiro atoms. The minimum Gasteiger partial charge on any atom is -0.506 e. The minimum absolute atomic E-state index is 0. The summed E-state index contributed by atoms with van der Waals surface area (Å²) >= 11 is 0. The van der Waals surface area contributed by atoms with E-state index in [0.29, 0.717) is 16.8 Å². The first kappa shape index (κ1) is 28.8. The molecule has 0 aromatic heterocycles. The number of fused-ring (bicyclic) bond motifs is 1. The van der Waals surface area contributed by atoms with Gasteiger partial charge in [-0.05, 0) is 30.5 Å². The summed E-state index contributed by atoms with van der Waals surface area (Å²) in [7, 11) is 1.69. The van der Waals surface area contributed by atoms with Gasteiger partial charge in [0.15, 0.2) is 5.75 Å². The van der Waals surface area contributed by atoms with E-state index in [1.807, 2.05) is 31.2 Å². The van der Waals surface area contributed by atoms with Crippen molar-refractivity contribution in [3.8, 4) is 11.5 Å². The Morgan fingerprint density at radius 1 is 0.844 bits per heavy atom. The third-order valence-corrected chi connectivity index (χ3v) is 3.57. The molecule has 12 heteroatoms. The predicted octanol–water partition coefficient (Wildman–Crippen LogP) is 4.94. The number of nitrogens with zero attached hydrogens (tertiary/aromatic N) is 4. The normalized spacial score (nSPS) is 10.1. The van der Waals surface area contributed by atoms with Crippen molar-refractivity contribution in [3.63, 3.8) is 0 Å². The molecule has 0 aliphatic rings. The molecule has 10 nitrogen and oxygen atoms in total. The van der Waals surface area contributed by atoms with Gasteiger partial charge in [-0.25, -0.2) is 0 Å². The monoisotopic (exact) mass is 509 g/mol. The number of aromatic hydroxyl groups is 2. The van der Waals surface area contributed by atoms with Gasteiger partial charge in [0.1, 0.15) is 17.1 Å². The standard InChI is InChI=1S/C18H16N4O2.C2H6O.Cu.O3S/c1-11-3-6-14-12(9-11)4-7-16(18(14)24)22-21-15-8-5-13(20-19-2)10-17(15)23;1-3-2;;1-4(2)3/h3-10,23-24H,1-2H3;1-2H3;;. The van der Waals surface area contributed by atoms with Crippen molar-refractivity contribution in [1.29, 1.82) is 0 Å². The van der Waals surface area contributed by atoms with E-state index in [2.05, 4.69) is 25.2 Å². The van der Waals surface area contributed by atoms with E-state index in [1.54, 1.807) is 39.5 Å². The summed E-state index contributed by atoms with van der Waals surface area (Å²) in [4.78, 5) is 0. The van der Waals surface area contributed by atoms with Crippen LogP contribution in [0.3, 0.4) is 0 Å². The first-order valence-corrected chi connectivity index (χ1v) is 9.67. The number of phenols is 2. The number of benzene rings is 3. The van der Waals surface area contributed by atoms with Gasteiger partial charge < -0.3 is 14.9 Å². The molecule has 0 saturated heterocycles. The second-order valence-electron chi connectivity index (χ2n) is 5.94. The van der Waals surface area contributed by atoms with Gasteiger partial charge in [-0.2, -0.15) is 10.2 Å². The van der Waals surface area contributed by atoms with Gasteiger partial charge in [0.2, 0.25) is 0 Å². The number of hydrogen-bond donors (Lipinski definition) is 2. The van der Waals surface area contributed by atoms with Gasteiger partial charge in [-0.1, -0.05) is 29.8 Å². The third kappa shape index (κ3) is 9.31. The van der Waals surface area contributed by atoms with Gasteiger partial charge in [0.25, 0.3) is 0 Å². The van der Waals surface area contributed by atoms with Crippen LogP contribution >= 0.6 is 0 Å². The molecule has 0 atom stereocenters. The fourth-order valence-corrected chi connectivity index (χ4v) is 2.38. The first-order chi connectivity index (χ1) is 14.7. The Labute approximate surface area is 197 Å². The maximum Gasteiger partial charge on any atom is 0.425 e. The van der Waals surface area contributed by atoms with E-state index >= 15 is 0 Å². The van der Waals surface area contributed by atoms with Crippen molar-refractivity contribution < 1.29 is 44.6 Å². The van der Waals surface area contributed by atoms with E-state index in [4.69, 9.17) is 12.6 Å². The van der Waals surface area contributed by atoms with Crippen LogP contribution in [-0.4, -0.2) is 44.1 Å². The number of phenolic OH excluding ortho intramolecular Hbond substituents is 2. The molecule has 3 aromatic carbocycles. The van der Waals surface area contributed by atoms with Gasteiger partial charge in [-0.3, -0.25) is 0 Å². The third-order valence-electron chi connectivity index (χ3n) is 3.57. The van der Waals surface area contributed by atoms with Crippen molar-refractivity contribution in [2.24, 2.45) is 20.5 Å². The van der Waals surface area contributed by atoms with E-state index in [1.165, 1.54) is 6.07 Å². The zero-order valence-electron chi connectivity index (χ0n) is 17.6. The quantitative estimate of drug-likeness (QED) is 0.376. The van der Waals surface area contributed by atoms with Crippen molar-refractivity contribution in [2.75, 3.05) is 21.3 Å². The minimum atomic E-state index is -3.11. The number of hydrogen-bond acceptors (Lipinski definition) is 10. The van der Waals surface area contributed by atoms with Crippen molar-refractivity contribution in [3.05, 3.63) is 54.1 Å². The smallest absolute Gasteiger partial charge is 0.425 e. The molecule has 0 bridgehead atoms. The molecular weight excluding hydrogens is 488 g/mol. The topological polar surface area (TPSA) is 150 Å². The SMILES string of the molecule is CN=Nc1ccc(N=Nc2ccc3cc(C)ccc3c2O)c(O)c1.COC.O=S(=O)=O.[Cu]. The van der Waals surface area contributed by atoms with Crippen LogP contribution in [0.25, 0.3) is 10.8 Å². The fourth-order valence-electron chi connectivity index (χ4n) is 2.38. The van der Waals surface area contributed by atoms with Gasteiger partial charge in [0, 0.05) is 49.8 Å². The average Bonchev–Trinajstić information content (AvgIpc) is 2.69. The Balaban J connectivity index is 0.00000106. The Morgan fingerprint density at radius 2 is 1.41 bits per heavy atom. The zero-order valence-corrected chi connectivity index (χ0v) is 19.4. The van der Waals surface area contributed by atoms with E-state index < -0.39 is 10.6 Å².